The van der Waals surface area contributed by atoms with Crippen molar-refractivity contribution in [2.24, 2.45) is 0 Å². The number of aryl methyl sites for hydroxylation is 3. The number of nitrogens with one attached hydrogen (secondary N) is 2. The van der Waals surface area contributed by atoms with Gasteiger partial charge in [-0.1, -0.05) is 12.1 Å². The fourth-order valence-electron chi connectivity index (χ4n) is 4.19. The zero-order chi connectivity index (χ0) is 23.2. The molecule has 0 saturated carbocycles. The first-order chi connectivity index (χ1) is 15.1. The van der Waals surface area contributed by atoms with Crippen LogP contribution in [0.25, 0.3) is 0 Å². The van der Waals surface area contributed by atoms with E-state index < -0.39 is 29.2 Å². The lowest BCUT2D eigenvalue weighted by Gasteiger charge is -2.36. The predicted octanol–water partition coefficient (Wildman–Crippen LogP) is 2.16. The fourth-order valence-corrected chi connectivity index (χ4v) is 4.19. The van der Waals surface area contributed by atoms with Crippen LogP contribution in [0.2, 0.25) is 0 Å². The van der Waals surface area contributed by atoms with Gasteiger partial charge in [-0.3, -0.25) is 14.9 Å². The van der Waals surface area contributed by atoms with E-state index in [4.69, 9.17) is 4.98 Å². The lowest BCUT2D eigenvalue weighted by molar-refractivity contribution is -0.123. The Labute approximate surface area is 185 Å². The van der Waals surface area contributed by atoms with E-state index in [1.165, 1.54) is 19.1 Å². The van der Waals surface area contributed by atoms with Gasteiger partial charge in [-0.25, -0.2) is 14.2 Å². The Balaban J connectivity index is 1.47. The average molecular weight is 439 g/mol. The molecule has 2 saturated heterocycles. The number of imide groups is 1. The third-order valence-corrected chi connectivity index (χ3v) is 6.32. The van der Waals surface area contributed by atoms with Gasteiger partial charge >= 0.3 is 6.03 Å². The number of hydrogen-bond acceptors (Lipinski definition) is 5. The summed E-state index contributed by atoms with van der Waals surface area (Å²) in [5.74, 6) is -0.770. The summed E-state index contributed by atoms with van der Waals surface area (Å²) in [6.07, 6.45) is 0. The number of nitrogens with zero attached hydrogens (tertiary/aromatic N) is 3. The lowest BCUT2D eigenvalue weighted by atomic mass is 9.91. The molecule has 168 valence electrons. The summed E-state index contributed by atoms with van der Waals surface area (Å²) >= 11 is 0. The van der Waals surface area contributed by atoms with Crippen LogP contribution in [-0.2, 0) is 10.3 Å². The zero-order valence-corrected chi connectivity index (χ0v) is 18.6. The third kappa shape index (κ3) is 3.68. The number of benzene rings is 1. The molecule has 9 heteroatoms. The number of amides is 4. The molecule has 4 rings (SSSR count). The van der Waals surface area contributed by atoms with Crippen LogP contribution in [0.1, 0.15) is 39.7 Å². The summed E-state index contributed by atoms with van der Waals surface area (Å²) < 4.78 is 14.9. The van der Waals surface area contributed by atoms with Crippen molar-refractivity contribution < 1.29 is 18.8 Å². The minimum absolute atomic E-state index is 0.0592. The van der Waals surface area contributed by atoms with Crippen LogP contribution >= 0.6 is 0 Å². The number of carbonyl (C=O) groups is 3. The number of urea groups is 1. The largest absolute Gasteiger partial charge is 0.353 e. The highest BCUT2D eigenvalue weighted by Crippen LogP contribution is 2.27. The highest BCUT2D eigenvalue weighted by molar-refractivity contribution is 6.07. The Morgan fingerprint density at radius 3 is 2.34 bits per heavy atom. The topological polar surface area (TPSA) is 94.6 Å². The first-order valence-corrected chi connectivity index (χ1v) is 10.5. The zero-order valence-electron chi connectivity index (χ0n) is 18.6. The maximum atomic E-state index is 14.9. The second-order valence-corrected chi connectivity index (χ2v) is 8.54. The molecule has 2 aromatic rings. The van der Waals surface area contributed by atoms with E-state index in [9.17, 15) is 18.8 Å². The van der Waals surface area contributed by atoms with Crippen LogP contribution in [0.15, 0.2) is 24.3 Å². The first kappa shape index (κ1) is 21.7. The van der Waals surface area contributed by atoms with Crippen LogP contribution in [0.5, 0.6) is 0 Å². The van der Waals surface area contributed by atoms with Gasteiger partial charge in [0.15, 0.2) is 0 Å². The van der Waals surface area contributed by atoms with Crippen LogP contribution in [0.3, 0.4) is 0 Å². The smallest absolute Gasteiger partial charge is 0.322 e. The van der Waals surface area contributed by atoms with E-state index in [1.807, 2.05) is 20.8 Å². The lowest BCUT2D eigenvalue weighted by Crippen LogP contribution is -2.49. The number of carbonyl (C=O) groups excluding carboxylic acids is 3. The molecule has 0 bridgehead atoms. The van der Waals surface area contributed by atoms with E-state index in [2.05, 4.69) is 21.6 Å². The Hall–Kier alpha value is -3.49. The van der Waals surface area contributed by atoms with Crippen molar-refractivity contribution in [3.8, 4) is 0 Å². The van der Waals surface area contributed by atoms with Gasteiger partial charge in [-0.05, 0) is 56.5 Å². The van der Waals surface area contributed by atoms with Crippen molar-refractivity contribution in [1.82, 2.24) is 20.5 Å². The molecule has 1 aromatic heterocycles. The van der Waals surface area contributed by atoms with Gasteiger partial charge in [0.2, 0.25) is 0 Å². The van der Waals surface area contributed by atoms with E-state index >= 15 is 0 Å². The van der Waals surface area contributed by atoms with Crippen molar-refractivity contribution in [2.45, 2.75) is 33.2 Å². The highest BCUT2D eigenvalue weighted by Gasteiger charge is 2.43. The molecule has 2 fully saturated rings. The molecule has 32 heavy (non-hydrogen) atoms. The van der Waals surface area contributed by atoms with Gasteiger partial charge in [0.25, 0.3) is 11.8 Å². The summed E-state index contributed by atoms with van der Waals surface area (Å²) in [6, 6.07) is 5.48. The van der Waals surface area contributed by atoms with Gasteiger partial charge in [0, 0.05) is 31.9 Å². The fraction of sp³-hybridized carbons (Fsp3) is 0.391. The molecule has 1 atom stereocenters. The normalized spacial score (nSPS) is 20.9. The summed E-state index contributed by atoms with van der Waals surface area (Å²) in [5.41, 5.74) is 2.05. The van der Waals surface area contributed by atoms with Gasteiger partial charge < -0.3 is 15.1 Å². The molecule has 2 aliphatic heterocycles. The van der Waals surface area contributed by atoms with Gasteiger partial charge in [0.05, 0.1) is 5.56 Å². The van der Waals surface area contributed by atoms with Gasteiger partial charge in [-0.2, -0.15) is 0 Å². The Morgan fingerprint density at radius 1 is 1.06 bits per heavy atom. The number of halogens is 1. The molecule has 2 aliphatic rings. The second-order valence-electron chi connectivity index (χ2n) is 8.54. The van der Waals surface area contributed by atoms with E-state index in [-0.39, 0.29) is 11.1 Å². The highest BCUT2D eigenvalue weighted by atomic mass is 19.1. The Kier molecular flexibility index (Phi) is 5.36. The quantitative estimate of drug-likeness (QED) is 0.715. The molecule has 3 heterocycles. The minimum atomic E-state index is -1.37. The molecule has 4 amide bonds. The number of pyridine rings is 1. The first-order valence-electron chi connectivity index (χ1n) is 10.5. The van der Waals surface area contributed by atoms with Crippen molar-refractivity contribution in [1.29, 1.82) is 0 Å². The Bertz CT molecular complexity index is 1130. The molecule has 1 aromatic carbocycles. The van der Waals surface area contributed by atoms with Gasteiger partial charge in [0.1, 0.15) is 17.2 Å². The summed E-state index contributed by atoms with van der Waals surface area (Å²) in [4.78, 5) is 45.0. The summed E-state index contributed by atoms with van der Waals surface area (Å²) in [6.45, 7) is 9.63. The monoisotopic (exact) mass is 439 g/mol. The molecule has 0 radical (unpaired) electrons. The Morgan fingerprint density at radius 2 is 1.75 bits per heavy atom. The van der Waals surface area contributed by atoms with Crippen LogP contribution in [0, 0.1) is 26.6 Å². The third-order valence-electron chi connectivity index (χ3n) is 6.32. The molecular weight excluding hydrogens is 413 g/mol. The number of aromatic nitrogens is 1. The molecular formula is C23H26FN5O3. The van der Waals surface area contributed by atoms with Crippen molar-refractivity contribution in [2.75, 3.05) is 31.1 Å². The molecule has 8 nitrogen and oxygen atoms in total. The molecule has 1 unspecified atom stereocenters. The predicted molar refractivity (Wildman–Crippen MR) is 117 cm³/mol. The SMILES string of the molecule is Cc1cc(C)c(N2CCN(C(=O)c3ccc(C4(C)NC(=O)NC4=O)cc3F)CC2)nc1C. The maximum Gasteiger partial charge on any atom is 0.322 e. The molecule has 0 spiro atoms. The van der Waals surface area contributed by atoms with E-state index in [1.54, 1.807) is 4.90 Å². The number of rotatable bonds is 3. The number of anilines is 1. The summed E-state index contributed by atoms with van der Waals surface area (Å²) in [5, 5.41) is 4.64. The minimum Gasteiger partial charge on any atom is -0.353 e. The van der Waals surface area contributed by atoms with Crippen LogP contribution < -0.4 is 15.5 Å². The number of piperazine rings is 1. The van der Waals surface area contributed by atoms with Crippen molar-refractivity contribution >= 4 is 23.7 Å². The van der Waals surface area contributed by atoms with Crippen LogP contribution in [-0.4, -0.2) is 53.9 Å². The van der Waals surface area contributed by atoms with Gasteiger partial charge in [-0.15, -0.1) is 0 Å². The average Bonchev–Trinajstić information content (AvgIpc) is 3.02. The molecule has 2 N–H and O–H groups in total. The van der Waals surface area contributed by atoms with Crippen molar-refractivity contribution in [3.63, 3.8) is 0 Å². The summed E-state index contributed by atoms with van der Waals surface area (Å²) in [7, 11) is 0. The van der Waals surface area contributed by atoms with Crippen LogP contribution in [0.4, 0.5) is 15.0 Å². The molecule has 0 aliphatic carbocycles. The standard InChI is InChI=1S/C23H26FN5O3/c1-13-11-14(2)19(25-15(13)3)28-7-9-29(10-8-28)20(30)17-6-5-16(12-18(17)24)23(4)21(31)26-22(32)27-23/h5-6,11-12H,7-10H2,1-4H3,(H2,26,27,31,32). The van der Waals surface area contributed by atoms with E-state index in [0.29, 0.717) is 26.2 Å². The van der Waals surface area contributed by atoms with Crippen molar-refractivity contribution in [3.05, 3.63) is 58.0 Å². The maximum absolute atomic E-state index is 14.9. The second kappa shape index (κ2) is 7.89. The van der Waals surface area contributed by atoms with E-state index in [0.717, 1.165) is 28.7 Å². The number of hydrogen-bond donors (Lipinski definition) is 2.